The highest BCUT2D eigenvalue weighted by Crippen LogP contribution is 2.58. The summed E-state index contributed by atoms with van der Waals surface area (Å²) in [6.45, 7) is 1.06. The Labute approximate surface area is 247 Å². The van der Waals surface area contributed by atoms with E-state index in [0.717, 1.165) is 62.7 Å². The zero-order valence-corrected chi connectivity index (χ0v) is 23.9. The smallest absolute Gasteiger partial charge is 0.335 e. The van der Waals surface area contributed by atoms with Crippen LogP contribution < -0.4 is 0 Å². The van der Waals surface area contributed by atoms with Gasteiger partial charge in [0.05, 0.1) is 28.8 Å². The normalized spacial score (nSPS) is 23.7. The molecule has 212 valence electrons. The summed E-state index contributed by atoms with van der Waals surface area (Å²) in [4.78, 5) is 16.1. The first-order valence-corrected chi connectivity index (χ1v) is 14.8. The molecule has 0 aliphatic heterocycles. The van der Waals surface area contributed by atoms with Gasteiger partial charge in [-0.2, -0.15) is 4.98 Å². The second kappa shape index (κ2) is 10.3. The summed E-state index contributed by atoms with van der Waals surface area (Å²) in [6.07, 6.45) is 8.08. The SMILES string of the molecule is O=C(O)c1cccc(-c2noc(C34CCC(COCc5c(-c6c(Cl)cccc6Cl)noc5C5CC5)(CC3)CC4)n2)c1. The van der Waals surface area contributed by atoms with Crippen LogP contribution in [0.15, 0.2) is 51.5 Å². The Morgan fingerprint density at radius 1 is 0.976 bits per heavy atom. The molecule has 2 aromatic heterocycles. The van der Waals surface area contributed by atoms with Crippen LogP contribution in [0.1, 0.15) is 84.9 Å². The van der Waals surface area contributed by atoms with Gasteiger partial charge in [-0.15, -0.1) is 0 Å². The molecule has 2 bridgehead atoms. The molecule has 8 nitrogen and oxygen atoms in total. The molecular weight excluding hydrogens is 565 g/mol. The van der Waals surface area contributed by atoms with Crippen molar-refractivity contribution in [1.29, 1.82) is 0 Å². The van der Waals surface area contributed by atoms with Crippen molar-refractivity contribution in [3.8, 4) is 22.6 Å². The molecule has 0 spiro atoms. The van der Waals surface area contributed by atoms with Gasteiger partial charge in [-0.3, -0.25) is 0 Å². The first kappa shape index (κ1) is 26.7. The molecule has 4 saturated carbocycles. The van der Waals surface area contributed by atoms with Crippen LogP contribution in [0, 0.1) is 5.41 Å². The molecule has 0 radical (unpaired) electrons. The van der Waals surface area contributed by atoms with Gasteiger partial charge in [0.1, 0.15) is 11.5 Å². The predicted molar refractivity (Wildman–Crippen MR) is 152 cm³/mol. The average molecular weight is 594 g/mol. The number of fused-ring (bicyclic) bond motifs is 3. The van der Waals surface area contributed by atoms with E-state index in [9.17, 15) is 9.90 Å². The summed E-state index contributed by atoms with van der Waals surface area (Å²) in [5.41, 5.74) is 3.13. The number of nitrogens with zero attached hydrogens (tertiary/aromatic N) is 3. The first-order chi connectivity index (χ1) is 19.9. The Morgan fingerprint density at radius 3 is 2.37 bits per heavy atom. The lowest BCUT2D eigenvalue weighted by Crippen LogP contribution is -2.46. The molecule has 4 aromatic rings. The number of hydrogen-bond donors (Lipinski definition) is 1. The molecule has 8 rings (SSSR count). The third kappa shape index (κ3) is 4.86. The number of aromatic carboxylic acids is 1. The molecule has 0 unspecified atom stereocenters. The molecule has 0 saturated heterocycles. The van der Waals surface area contributed by atoms with Crippen LogP contribution in [0.25, 0.3) is 22.6 Å². The number of carboxylic acids is 1. The van der Waals surface area contributed by atoms with Crippen LogP contribution in [0.3, 0.4) is 0 Å². The average Bonchev–Trinajstić information content (AvgIpc) is 3.55. The van der Waals surface area contributed by atoms with Gasteiger partial charge in [-0.25, -0.2) is 4.79 Å². The molecule has 41 heavy (non-hydrogen) atoms. The van der Waals surface area contributed by atoms with Crippen molar-refractivity contribution < 1.29 is 23.7 Å². The van der Waals surface area contributed by atoms with E-state index in [1.54, 1.807) is 24.3 Å². The topological polar surface area (TPSA) is 111 Å². The van der Waals surface area contributed by atoms with E-state index in [-0.39, 0.29) is 16.4 Å². The fourth-order valence-electron chi connectivity index (χ4n) is 6.57. The van der Waals surface area contributed by atoms with Gasteiger partial charge in [0.25, 0.3) is 0 Å². The highest BCUT2D eigenvalue weighted by Gasteiger charge is 2.52. The minimum atomic E-state index is -0.982. The van der Waals surface area contributed by atoms with Crippen molar-refractivity contribution in [3.63, 3.8) is 0 Å². The van der Waals surface area contributed by atoms with E-state index in [2.05, 4.69) is 10.3 Å². The molecular formula is C31H29Cl2N3O5. The van der Waals surface area contributed by atoms with Crippen molar-refractivity contribution in [2.45, 2.75) is 69.3 Å². The number of rotatable bonds is 9. The van der Waals surface area contributed by atoms with Crippen molar-refractivity contribution in [3.05, 3.63) is 75.3 Å². The number of carboxylic acid groups (broad SMARTS) is 1. The number of carbonyl (C=O) groups is 1. The minimum Gasteiger partial charge on any atom is -0.478 e. The summed E-state index contributed by atoms with van der Waals surface area (Å²) in [5.74, 6) is 1.37. The number of aromatic nitrogens is 3. The monoisotopic (exact) mass is 593 g/mol. The van der Waals surface area contributed by atoms with Crippen molar-refractivity contribution in [2.24, 2.45) is 5.41 Å². The highest BCUT2D eigenvalue weighted by molar-refractivity contribution is 6.39. The third-order valence-corrected chi connectivity index (χ3v) is 9.90. The van der Waals surface area contributed by atoms with E-state index in [1.807, 2.05) is 18.2 Å². The van der Waals surface area contributed by atoms with E-state index in [1.165, 1.54) is 0 Å². The Kier molecular flexibility index (Phi) is 6.68. The van der Waals surface area contributed by atoms with Crippen LogP contribution >= 0.6 is 23.2 Å². The lowest BCUT2D eigenvalue weighted by atomic mass is 9.54. The van der Waals surface area contributed by atoms with Gasteiger partial charge >= 0.3 is 5.97 Å². The highest BCUT2D eigenvalue weighted by atomic mass is 35.5. The van der Waals surface area contributed by atoms with Crippen LogP contribution in [-0.4, -0.2) is 33.0 Å². The van der Waals surface area contributed by atoms with Gasteiger partial charge in [0.15, 0.2) is 0 Å². The fourth-order valence-corrected chi connectivity index (χ4v) is 7.14. The molecule has 4 aliphatic rings. The number of benzene rings is 2. The number of halogens is 2. The Bertz CT molecular complexity index is 1580. The molecule has 2 heterocycles. The first-order valence-electron chi connectivity index (χ1n) is 14.0. The van der Waals surface area contributed by atoms with Crippen molar-refractivity contribution in [1.82, 2.24) is 15.3 Å². The summed E-state index contributed by atoms with van der Waals surface area (Å²) < 4.78 is 18.0. The molecule has 2 aromatic carbocycles. The molecule has 0 amide bonds. The third-order valence-electron chi connectivity index (χ3n) is 9.27. The maximum Gasteiger partial charge on any atom is 0.335 e. The Morgan fingerprint density at radius 2 is 1.68 bits per heavy atom. The zero-order valence-electron chi connectivity index (χ0n) is 22.4. The van der Waals surface area contributed by atoms with Gasteiger partial charge in [-0.05, 0) is 81.0 Å². The van der Waals surface area contributed by atoms with Gasteiger partial charge < -0.3 is 18.9 Å². The summed E-state index contributed by atoms with van der Waals surface area (Å²) in [6, 6.07) is 12.1. The summed E-state index contributed by atoms with van der Waals surface area (Å²) in [7, 11) is 0. The maximum absolute atomic E-state index is 11.4. The number of hydrogen-bond acceptors (Lipinski definition) is 7. The van der Waals surface area contributed by atoms with Crippen molar-refractivity contribution >= 4 is 29.2 Å². The lowest BCUT2D eigenvalue weighted by Gasteiger charge is -2.51. The maximum atomic E-state index is 11.4. The van der Waals surface area contributed by atoms with E-state index in [0.29, 0.717) is 57.7 Å². The van der Waals surface area contributed by atoms with E-state index in [4.69, 9.17) is 42.0 Å². The van der Waals surface area contributed by atoms with E-state index < -0.39 is 5.97 Å². The van der Waals surface area contributed by atoms with Crippen LogP contribution in [-0.2, 0) is 16.8 Å². The van der Waals surface area contributed by atoms with Crippen molar-refractivity contribution in [2.75, 3.05) is 6.61 Å². The Hall–Kier alpha value is -3.20. The zero-order chi connectivity index (χ0) is 28.2. The summed E-state index contributed by atoms with van der Waals surface area (Å²) >= 11 is 13.0. The molecule has 4 fully saturated rings. The Balaban J connectivity index is 1.04. The molecule has 10 heteroatoms. The van der Waals surface area contributed by atoms with Crippen LogP contribution in [0.5, 0.6) is 0 Å². The largest absolute Gasteiger partial charge is 0.478 e. The number of ether oxygens (including phenoxy) is 1. The minimum absolute atomic E-state index is 0.111. The molecule has 4 aliphatic carbocycles. The van der Waals surface area contributed by atoms with E-state index >= 15 is 0 Å². The molecule has 1 N–H and O–H groups in total. The summed E-state index contributed by atoms with van der Waals surface area (Å²) in [5, 5.41) is 19.0. The standard InChI is InChI=1S/C31H29Cl2N3O5/c32-22-5-2-6-23(33)24(22)25-21(26(40-35-25)18-7-8-18)16-39-17-30-9-12-31(13-10-30,14-11-30)29-34-27(36-41-29)19-3-1-4-20(15-19)28(37)38/h1-6,15,18H,7-14,16-17H2,(H,37,38). The second-order valence-electron chi connectivity index (χ2n) is 11.8. The van der Waals surface area contributed by atoms with Gasteiger partial charge in [0, 0.05) is 28.0 Å². The van der Waals surface area contributed by atoms with Gasteiger partial charge in [-0.1, -0.05) is 51.7 Å². The second-order valence-corrected chi connectivity index (χ2v) is 12.6. The van der Waals surface area contributed by atoms with Gasteiger partial charge in [0.2, 0.25) is 11.7 Å². The predicted octanol–water partition coefficient (Wildman–Crippen LogP) is 8.08. The fraction of sp³-hybridized carbons (Fsp3) is 0.419. The van der Waals surface area contributed by atoms with Crippen LogP contribution in [0.4, 0.5) is 0 Å². The quantitative estimate of drug-likeness (QED) is 0.207. The molecule has 0 atom stereocenters. The van der Waals surface area contributed by atoms with Crippen LogP contribution in [0.2, 0.25) is 10.0 Å². The lowest BCUT2D eigenvalue weighted by molar-refractivity contribution is -0.0499.